The highest BCUT2D eigenvalue weighted by molar-refractivity contribution is 9.10. The molecule has 0 bridgehead atoms. The number of amides is 2. The number of piperazine rings is 1. The fourth-order valence-electron chi connectivity index (χ4n) is 3.42. The summed E-state index contributed by atoms with van der Waals surface area (Å²) in [6.07, 6.45) is 0. The molecule has 2 fully saturated rings. The summed E-state index contributed by atoms with van der Waals surface area (Å²) in [7, 11) is 0. The zero-order valence-corrected chi connectivity index (χ0v) is 13.3. The Morgan fingerprint density at radius 2 is 2.05 bits per heavy atom. The lowest BCUT2D eigenvalue weighted by Crippen LogP contribution is -2.73. The molecule has 0 aliphatic carbocycles. The minimum absolute atomic E-state index is 0.0338. The number of nitrogens with zero attached hydrogens (tertiary/aromatic N) is 2. The molecule has 3 atom stereocenters. The number of aliphatic hydroxyl groups is 1. The van der Waals surface area contributed by atoms with Gasteiger partial charge in [-0.2, -0.15) is 0 Å². The summed E-state index contributed by atoms with van der Waals surface area (Å²) >= 11 is 3.41. The van der Waals surface area contributed by atoms with Gasteiger partial charge < -0.3 is 14.9 Å². The maximum absolute atomic E-state index is 12.2. The predicted molar refractivity (Wildman–Crippen MR) is 80.6 cm³/mol. The number of aliphatic hydroxyl groups excluding tert-OH is 1. The summed E-state index contributed by atoms with van der Waals surface area (Å²) < 4.78 is 0.994. The van der Waals surface area contributed by atoms with Crippen molar-refractivity contribution >= 4 is 27.7 Å². The molecule has 0 saturated carbocycles. The molecule has 0 unspecified atom stereocenters. The zero-order chi connectivity index (χ0) is 15.1. The topological polar surface area (TPSA) is 60.9 Å². The second kappa shape index (κ2) is 5.42. The molecule has 0 aromatic heterocycles. The van der Waals surface area contributed by atoms with Gasteiger partial charge in [-0.1, -0.05) is 28.1 Å². The third kappa shape index (κ3) is 2.36. The summed E-state index contributed by atoms with van der Waals surface area (Å²) in [5.41, 5.74) is 1.09. The van der Waals surface area contributed by atoms with E-state index in [0.717, 1.165) is 10.0 Å². The van der Waals surface area contributed by atoms with E-state index >= 15 is 0 Å². The first-order chi connectivity index (χ1) is 10.0. The van der Waals surface area contributed by atoms with E-state index in [4.69, 9.17) is 0 Å². The van der Waals surface area contributed by atoms with Gasteiger partial charge in [0.1, 0.15) is 0 Å². The molecule has 0 spiro atoms. The highest BCUT2D eigenvalue weighted by atomic mass is 79.9. The Hall–Kier alpha value is -1.40. The number of carbonyl (C=O) groups is 2. The van der Waals surface area contributed by atoms with Crippen LogP contribution in [0.4, 0.5) is 0 Å². The van der Waals surface area contributed by atoms with Gasteiger partial charge in [0.2, 0.25) is 11.8 Å². The van der Waals surface area contributed by atoms with Crippen molar-refractivity contribution in [3.63, 3.8) is 0 Å². The molecule has 5 nitrogen and oxygen atoms in total. The van der Waals surface area contributed by atoms with E-state index in [1.807, 2.05) is 24.3 Å². The standard InChI is InChI=1S/C15H17BrN2O3/c1-9(20)17-6-12-15(10-2-4-11(16)5-3-10)13(8-19)18(12)14(21)7-17/h2-5,12-13,15,19H,6-8H2,1H3/t12-,13-,15+/m0/s1. The molecule has 1 N–H and O–H groups in total. The van der Waals surface area contributed by atoms with Gasteiger partial charge in [0.15, 0.2) is 0 Å². The molecule has 21 heavy (non-hydrogen) atoms. The van der Waals surface area contributed by atoms with E-state index < -0.39 is 0 Å². The number of benzene rings is 1. The van der Waals surface area contributed by atoms with Gasteiger partial charge in [-0.3, -0.25) is 9.59 Å². The second-order valence-electron chi connectivity index (χ2n) is 5.60. The van der Waals surface area contributed by atoms with Crippen LogP contribution in [0.2, 0.25) is 0 Å². The Morgan fingerprint density at radius 1 is 1.38 bits per heavy atom. The number of carbonyl (C=O) groups excluding carboxylic acids is 2. The second-order valence-corrected chi connectivity index (χ2v) is 6.51. The lowest BCUT2D eigenvalue weighted by molar-refractivity contribution is -0.166. The van der Waals surface area contributed by atoms with Crippen LogP contribution in [0.3, 0.4) is 0 Å². The normalized spacial score (nSPS) is 28.1. The van der Waals surface area contributed by atoms with Crippen molar-refractivity contribution in [1.29, 1.82) is 0 Å². The van der Waals surface area contributed by atoms with Crippen LogP contribution in [-0.4, -0.2) is 58.5 Å². The van der Waals surface area contributed by atoms with Crippen LogP contribution in [0.1, 0.15) is 18.4 Å². The summed E-state index contributed by atoms with van der Waals surface area (Å²) in [6.45, 7) is 2.09. The number of fused-ring (bicyclic) bond motifs is 1. The first-order valence-electron chi connectivity index (χ1n) is 6.96. The molecule has 0 radical (unpaired) electrons. The van der Waals surface area contributed by atoms with Gasteiger partial charge in [-0.05, 0) is 17.7 Å². The smallest absolute Gasteiger partial charge is 0.242 e. The molecule has 6 heteroatoms. The van der Waals surface area contributed by atoms with Crippen LogP contribution in [0.15, 0.2) is 28.7 Å². The van der Waals surface area contributed by atoms with E-state index in [-0.39, 0.29) is 43.0 Å². The van der Waals surface area contributed by atoms with Gasteiger partial charge in [-0.15, -0.1) is 0 Å². The highest BCUT2D eigenvalue weighted by Crippen LogP contribution is 2.42. The Balaban J connectivity index is 1.88. The van der Waals surface area contributed by atoms with E-state index in [0.29, 0.717) is 6.54 Å². The lowest BCUT2D eigenvalue weighted by atomic mass is 9.74. The molecule has 1 aromatic rings. The summed E-state index contributed by atoms with van der Waals surface area (Å²) in [5, 5.41) is 9.62. The lowest BCUT2D eigenvalue weighted by Gasteiger charge is -2.58. The maximum Gasteiger partial charge on any atom is 0.242 e. The van der Waals surface area contributed by atoms with E-state index in [1.54, 1.807) is 9.80 Å². The Labute approximate surface area is 131 Å². The van der Waals surface area contributed by atoms with Crippen molar-refractivity contribution in [1.82, 2.24) is 9.80 Å². The van der Waals surface area contributed by atoms with Crippen molar-refractivity contribution in [2.24, 2.45) is 0 Å². The predicted octanol–water partition coefficient (Wildman–Crippen LogP) is 0.966. The van der Waals surface area contributed by atoms with Crippen molar-refractivity contribution in [2.45, 2.75) is 24.9 Å². The van der Waals surface area contributed by atoms with Gasteiger partial charge in [0, 0.05) is 23.9 Å². The third-order valence-corrected chi connectivity index (χ3v) is 4.98. The average molecular weight is 353 g/mol. The van der Waals surface area contributed by atoms with Crippen molar-refractivity contribution in [3.8, 4) is 0 Å². The van der Waals surface area contributed by atoms with Crippen LogP contribution in [0.5, 0.6) is 0 Å². The van der Waals surface area contributed by atoms with Gasteiger partial charge in [-0.25, -0.2) is 0 Å². The number of hydrogen-bond donors (Lipinski definition) is 1. The first kappa shape index (κ1) is 14.5. The van der Waals surface area contributed by atoms with Gasteiger partial charge in [0.25, 0.3) is 0 Å². The zero-order valence-electron chi connectivity index (χ0n) is 11.7. The molecule has 2 amide bonds. The Kier molecular flexibility index (Phi) is 3.75. The fourth-order valence-corrected chi connectivity index (χ4v) is 3.69. The molecule has 2 aliphatic rings. The molecule has 3 rings (SSSR count). The largest absolute Gasteiger partial charge is 0.394 e. The van der Waals surface area contributed by atoms with Crippen LogP contribution in [0, 0.1) is 0 Å². The van der Waals surface area contributed by atoms with Crippen LogP contribution >= 0.6 is 15.9 Å². The minimum Gasteiger partial charge on any atom is -0.394 e. The van der Waals surface area contributed by atoms with Crippen molar-refractivity contribution in [3.05, 3.63) is 34.3 Å². The molecule has 1 aromatic carbocycles. The molecule has 2 aliphatic heterocycles. The maximum atomic E-state index is 12.2. The molecular formula is C15H17BrN2O3. The van der Waals surface area contributed by atoms with Crippen LogP contribution in [-0.2, 0) is 9.59 Å². The number of halogens is 1. The van der Waals surface area contributed by atoms with Crippen molar-refractivity contribution < 1.29 is 14.7 Å². The van der Waals surface area contributed by atoms with E-state index in [2.05, 4.69) is 15.9 Å². The summed E-state index contributed by atoms with van der Waals surface area (Å²) in [5.74, 6) is -0.0759. The summed E-state index contributed by atoms with van der Waals surface area (Å²) in [4.78, 5) is 27.1. The average Bonchev–Trinajstić information content (AvgIpc) is 2.43. The number of rotatable bonds is 2. The SMILES string of the molecule is CC(=O)N1CC(=O)N2[C@@H](CO)[C@H](c3ccc(Br)cc3)[C@@H]2C1. The van der Waals surface area contributed by atoms with E-state index in [1.165, 1.54) is 6.92 Å². The fraction of sp³-hybridized carbons (Fsp3) is 0.467. The van der Waals surface area contributed by atoms with Crippen molar-refractivity contribution in [2.75, 3.05) is 19.7 Å². The summed E-state index contributed by atoms with van der Waals surface area (Å²) in [6, 6.07) is 7.71. The molecule has 2 heterocycles. The molecule has 2 saturated heterocycles. The van der Waals surface area contributed by atoms with Gasteiger partial charge >= 0.3 is 0 Å². The molecule has 112 valence electrons. The van der Waals surface area contributed by atoms with Crippen LogP contribution < -0.4 is 0 Å². The Morgan fingerprint density at radius 3 is 2.62 bits per heavy atom. The molecular weight excluding hydrogens is 336 g/mol. The first-order valence-corrected chi connectivity index (χ1v) is 7.75. The quantitative estimate of drug-likeness (QED) is 0.862. The number of hydrogen-bond acceptors (Lipinski definition) is 3. The third-order valence-electron chi connectivity index (χ3n) is 4.45. The highest BCUT2D eigenvalue weighted by Gasteiger charge is 2.54. The Bertz CT molecular complexity index is 575. The monoisotopic (exact) mass is 352 g/mol. The minimum atomic E-state index is -0.183. The van der Waals surface area contributed by atoms with Gasteiger partial charge in [0.05, 0.1) is 25.2 Å². The van der Waals surface area contributed by atoms with Crippen LogP contribution in [0.25, 0.3) is 0 Å². The van der Waals surface area contributed by atoms with E-state index in [9.17, 15) is 14.7 Å².